The smallest absolute Gasteiger partial charge is 0.333 e. The monoisotopic (exact) mass is 609 g/mol. The minimum Gasteiger partial charge on any atom is -0.497 e. The predicted molar refractivity (Wildman–Crippen MR) is 167 cm³/mol. The molecule has 0 saturated carbocycles. The number of carbonyl (C=O) groups is 3. The summed E-state index contributed by atoms with van der Waals surface area (Å²) in [6.07, 6.45) is 5.08. The molecule has 2 atom stereocenters. The Hall–Kier alpha value is -5.12. The maximum absolute atomic E-state index is 14.1. The van der Waals surface area contributed by atoms with Crippen LogP contribution >= 0.6 is 11.3 Å². The number of piperazine rings is 1. The number of thiazole rings is 1. The van der Waals surface area contributed by atoms with Crippen LogP contribution in [0.3, 0.4) is 0 Å². The van der Waals surface area contributed by atoms with Gasteiger partial charge in [0.25, 0.3) is 5.91 Å². The number of rotatable bonds is 8. The van der Waals surface area contributed by atoms with Crippen LogP contribution in [0.5, 0.6) is 5.75 Å². The molecule has 224 valence electrons. The predicted octanol–water partition coefficient (Wildman–Crippen LogP) is 3.20. The third kappa shape index (κ3) is 5.50. The maximum Gasteiger partial charge on any atom is 0.333 e. The number of nitrogens with two attached hydrogens (primary N) is 1. The van der Waals surface area contributed by atoms with Crippen LogP contribution in [0.15, 0.2) is 72.8 Å². The van der Waals surface area contributed by atoms with E-state index in [0.717, 1.165) is 21.3 Å². The lowest BCUT2D eigenvalue weighted by atomic mass is 10.00. The number of amides is 4. The van der Waals surface area contributed by atoms with Crippen LogP contribution in [0.2, 0.25) is 0 Å². The minimum absolute atomic E-state index is 0.0621. The molecule has 0 bridgehead atoms. The largest absolute Gasteiger partial charge is 0.497 e. The van der Waals surface area contributed by atoms with Crippen molar-refractivity contribution >= 4 is 44.5 Å². The van der Waals surface area contributed by atoms with Gasteiger partial charge >= 0.3 is 6.03 Å². The molecule has 0 unspecified atom stereocenters. The van der Waals surface area contributed by atoms with E-state index in [1.807, 2.05) is 72.8 Å². The Bertz CT molecular complexity index is 1740. The molecular weight excluding hydrogens is 578 g/mol. The number of hydrogen-bond acceptors (Lipinski definition) is 8. The van der Waals surface area contributed by atoms with Crippen LogP contribution in [0, 0.1) is 12.3 Å². The fourth-order valence-corrected chi connectivity index (χ4v) is 6.56. The number of para-hydroxylation sites is 1. The van der Waals surface area contributed by atoms with E-state index in [2.05, 4.69) is 16.2 Å². The molecule has 3 heterocycles. The molecule has 0 aliphatic carbocycles. The molecule has 6 rings (SSSR count). The number of carbonyl (C=O) groups excluding carboxylic acids is 3. The first-order valence-electron chi connectivity index (χ1n) is 14.0. The number of terminal acetylenes is 1. The van der Waals surface area contributed by atoms with Crippen LogP contribution in [0.25, 0.3) is 10.2 Å². The summed E-state index contributed by atoms with van der Waals surface area (Å²) < 4.78 is 6.14. The lowest BCUT2D eigenvalue weighted by Gasteiger charge is -2.46. The van der Waals surface area contributed by atoms with Crippen LogP contribution in [-0.2, 0) is 22.7 Å². The van der Waals surface area contributed by atoms with Crippen molar-refractivity contribution in [1.82, 2.24) is 30.1 Å². The van der Waals surface area contributed by atoms with E-state index in [4.69, 9.17) is 16.9 Å². The van der Waals surface area contributed by atoms with E-state index >= 15 is 0 Å². The molecule has 2 aliphatic heterocycles. The van der Waals surface area contributed by atoms with Crippen LogP contribution in [0.1, 0.15) is 22.7 Å². The number of urea groups is 1. The van der Waals surface area contributed by atoms with Gasteiger partial charge in [-0.15, -0.1) is 6.42 Å². The summed E-state index contributed by atoms with van der Waals surface area (Å²) in [5, 5.41) is 6.41. The lowest BCUT2D eigenvalue weighted by Crippen LogP contribution is -2.62. The summed E-state index contributed by atoms with van der Waals surface area (Å²) in [4.78, 5) is 49.1. The van der Waals surface area contributed by atoms with Crippen LogP contribution in [-0.4, -0.2) is 75.6 Å². The summed E-state index contributed by atoms with van der Waals surface area (Å²) in [5.41, 5.74) is 9.14. The highest BCUT2D eigenvalue weighted by molar-refractivity contribution is 7.22. The molecule has 4 aromatic rings. The molecule has 0 radical (unpaired) electrons. The van der Waals surface area contributed by atoms with Gasteiger partial charge in [-0.3, -0.25) is 9.59 Å². The SMILES string of the molecule is C#CCN(C(=O)NCc1ccc(OC)cc1)N1CC(=O)N2[C@@H](c3ccccc3)C(=O)N(Cc3cccc4sc(N)nc34)C[C@@H]21. The van der Waals surface area contributed by atoms with Gasteiger partial charge in [-0.05, 0) is 34.9 Å². The van der Waals surface area contributed by atoms with Crippen molar-refractivity contribution in [2.24, 2.45) is 0 Å². The van der Waals surface area contributed by atoms with E-state index < -0.39 is 18.2 Å². The van der Waals surface area contributed by atoms with Gasteiger partial charge in [0.15, 0.2) is 5.13 Å². The third-order valence-corrected chi connectivity index (χ3v) is 8.69. The number of ether oxygens (including phenoxy) is 1. The van der Waals surface area contributed by atoms with Gasteiger partial charge in [0.2, 0.25) is 5.91 Å². The quantitative estimate of drug-likeness (QED) is 0.294. The normalized spacial score (nSPS) is 18.3. The molecule has 2 aliphatic rings. The van der Waals surface area contributed by atoms with Crippen molar-refractivity contribution in [1.29, 1.82) is 0 Å². The fraction of sp³-hybridized carbons (Fsp3) is 0.250. The topological polar surface area (TPSA) is 124 Å². The summed E-state index contributed by atoms with van der Waals surface area (Å²) in [5.74, 6) is 2.78. The van der Waals surface area contributed by atoms with Crippen molar-refractivity contribution in [2.75, 3.05) is 32.5 Å². The van der Waals surface area contributed by atoms with Gasteiger partial charge in [0, 0.05) is 13.1 Å². The van der Waals surface area contributed by atoms with E-state index in [1.165, 1.54) is 16.3 Å². The first-order valence-corrected chi connectivity index (χ1v) is 14.9. The second kappa shape index (κ2) is 12.2. The molecule has 0 spiro atoms. The number of nitrogen functional groups attached to an aromatic ring is 1. The average molecular weight is 610 g/mol. The molecule has 4 amide bonds. The number of anilines is 1. The standard InChI is InChI=1S/C32H31N7O4S/c1-3-16-37(32(42)34-17-21-12-14-24(43-2)15-13-21)38-20-27(40)39-26(38)19-36(30(41)29(39)22-8-5-4-6-9-22)18-23-10-7-11-25-28(23)35-31(33)44-25/h1,4-15,26,29H,16-20H2,2H3,(H2,33,35)(H,34,42)/t26-,29+/m1/s1. The minimum atomic E-state index is -0.873. The maximum atomic E-state index is 14.1. The van der Waals surface area contributed by atoms with Gasteiger partial charge in [-0.2, -0.15) is 5.01 Å². The first-order chi connectivity index (χ1) is 21.4. The Labute approximate surface area is 258 Å². The van der Waals surface area contributed by atoms with E-state index in [1.54, 1.807) is 21.9 Å². The van der Waals surface area contributed by atoms with E-state index in [-0.39, 0.29) is 44.5 Å². The first kappa shape index (κ1) is 29.0. The number of fused-ring (bicyclic) bond motifs is 2. The molecule has 3 aromatic carbocycles. The number of nitrogens with one attached hydrogen (secondary N) is 1. The van der Waals surface area contributed by atoms with Crippen molar-refractivity contribution in [3.8, 4) is 18.1 Å². The highest BCUT2D eigenvalue weighted by Crippen LogP contribution is 2.37. The number of nitrogens with zero attached hydrogens (tertiary/aromatic N) is 5. The molecule has 2 saturated heterocycles. The second-order valence-electron chi connectivity index (χ2n) is 10.5. The van der Waals surface area contributed by atoms with E-state index in [0.29, 0.717) is 16.4 Å². The average Bonchev–Trinajstić information content (AvgIpc) is 3.58. The van der Waals surface area contributed by atoms with Gasteiger partial charge in [-0.25, -0.2) is 14.8 Å². The molecule has 12 heteroatoms. The Morgan fingerprint density at radius 3 is 2.64 bits per heavy atom. The molecule has 11 nitrogen and oxygen atoms in total. The van der Waals surface area contributed by atoms with Gasteiger partial charge in [0.1, 0.15) is 18.0 Å². The van der Waals surface area contributed by atoms with E-state index in [9.17, 15) is 14.4 Å². The van der Waals surface area contributed by atoms with Gasteiger partial charge in [0.05, 0.1) is 37.0 Å². The molecule has 1 aromatic heterocycles. The zero-order chi connectivity index (χ0) is 30.8. The van der Waals surface area contributed by atoms with Gasteiger partial charge in [-0.1, -0.05) is 71.9 Å². The number of hydrazine groups is 1. The Morgan fingerprint density at radius 1 is 1.14 bits per heavy atom. The van der Waals surface area contributed by atoms with Gasteiger partial charge < -0.3 is 25.6 Å². The number of hydrogen-bond donors (Lipinski definition) is 2. The summed E-state index contributed by atoms with van der Waals surface area (Å²) >= 11 is 1.39. The third-order valence-electron chi connectivity index (χ3n) is 7.84. The molecule has 44 heavy (non-hydrogen) atoms. The Morgan fingerprint density at radius 2 is 1.91 bits per heavy atom. The Kier molecular flexibility index (Phi) is 8.06. The molecular formula is C32H31N7O4S. The summed E-state index contributed by atoms with van der Waals surface area (Å²) in [6.45, 7) is 0.501. The van der Waals surface area contributed by atoms with Crippen LogP contribution in [0.4, 0.5) is 9.93 Å². The highest BCUT2D eigenvalue weighted by atomic mass is 32.1. The summed E-state index contributed by atoms with van der Waals surface area (Å²) in [6, 6.07) is 21.0. The number of methoxy groups -OCH3 is 1. The highest BCUT2D eigenvalue weighted by Gasteiger charge is 2.52. The van der Waals surface area contributed by atoms with Crippen molar-refractivity contribution < 1.29 is 19.1 Å². The van der Waals surface area contributed by atoms with Crippen molar-refractivity contribution in [3.63, 3.8) is 0 Å². The summed E-state index contributed by atoms with van der Waals surface area (Å²) in [7, 11) is 1.59. The zero-order valence-corrected chi connectivity index (χ0v) is 24.9. The number of aromatic nitrogens is 1. The second-order valence-corrected chi connectivity index (χ2v) is 11.6. The molecule has 2 fully saturated rings. The fourth-order valence-electron chi connectivity index (χ4n) is 5.77. The molecule has 3 N–H and O–H groups in total. The van der Waals surface area contributed by atoms with Crippen LogP contribution < -0.4 is 15.8 Å². The number of benzene rings is 3. The Balaban J connectivity index is 1.31. The van der Waals surface area contributed by atoms with Crippen molar-refractivity contribution in [2.45, 2.75) is 25.3 Å². The lowest BCUT2D eigenvalue weighted by molar-refractivity contribution is -0.158. The van der Waals surface area contributed by atoms with Crippen molar-refractivity contribution in [3.05, 3.63) is 89.5 Å². The zero-order valence-electron chi connectivity index (χ0n) is 24.1.